The van der Waals surface area contributed by atoms with Crippen LogP contribution in [0.25, 0.3) is 0 Å². The van der Waals surface area contributed by atoms with Crippen molar-refractivity contribution in [2.24, 2.45) is 0 Å². The third-order valence-electron chi connectivity index (χ3n) is 2.47. The maximum absolute atomic E-state index is 6.12. The molecule has 1 nitrogen and oxygen atoms in total. The van der Waals surface area contributed by atoms with Gasteiger partial charge in [0.25, 0.3) is 0 Å². The summed E-state index contributed by atoms with van der Waals surface area (Å²) in [7, 11) is 0. The molecule has 1 aliphatic heterocycles. The van der Waals surface area contributed by atoms with Crippen LogP contribution >= 0.6 is 47.4 Å². The molecule has 0 aliphatic carbocycles. The molecule has 1 N–H and O–H groups in total. The molecule has 1 aliphatic rings. The largest absolute Gasteiger partial charge is 0.317 e. The van der Waals surface area contributed by atoms with E-state index >= 15 is 0 Å². The highest BCUT2D eigenvalue weighted by molar-refractivity contribution is 8.00. The van der Waals surface area contributed by atoms with Gasteiger partial charge in [-0.15, -0.1) is 24.2 Å². The van der Waals surface area contributed by atoms with E-state index in [0.717, 1.165) is 28.0 Å². The normalized spacial score (nSPS) is 16.9. The topological polar surface area (TPSA) is 12.0 Å². The van der Waals surface area contributed by atoms with Gasteiger partial charge in [0.15, 0.2) is 0 Å². The van der Waals surface area contributed by atoms with Gasteiger partial charge in [-0.25, -0.2) is 0 Å². The summed E-state index contributed by atoms with van der Waals surface area (Å²) in [6.07, 6.45) is 2.40. The lowest BCUT2D eigenvalue weighted by molar-refractivity contribution is 0.531. The van der Waals surface area contributed by atoms with Crippen molar-refractivity contribution in [3.63, 3.8) is 0 Å². The second-order valence-electron chi connectivity index (χ2n) is 3.64. The fraction of sp³-hybridized carbons (Fsp3) is 0.455. The highest BCUT2D eigenvalue weighted by Crippen LogP contribution is 2.35. The van der Waals surface area contributed by atoms with Gasteiger partial charge >= 0.3 is 0 Å². The highest BCUT2D eigenvalue weighted by atomic mass is 35.5. The quantitative estimate of drug-likeness (QED) is 0.875. The Labute approximate surface area is 117 Å². The number of hydrogen-bond donors (Lipinski definition) is 1. The molecular weight excluding hydrogens is 285 g/mol. The Balaban J connectivity index is 0.00000128. The number of rotatable bonds is 2. The molecule has 0 aromatic heterocycles. The zero-order chi connectivity index (χ0) is 10.7. The van der Waals surface area contributed by atoms with Crippen molar-refractivity contribution in [1.29, 1.82) is 0 Å². The maximum atomic E-state index is 6.12. The Morgan fingerprint density at radius 1 is 1.19 bits per heavy atom. The number of benzene rings is 1. The third kappa shape index (κ3) is 4.01. The SMILES string of the molecule is Cl.Clc1ccc(Cl)c(SC2CCNCC2)c1. The molecule has 5 heteroatoms. The molecule has 1 aromatic carbocycles. The van der Waals surface area contributed by atoms with Crippen LogP contribution in [0.1, 0.15) is 12.8 Å². The molecule has 0 amide bonds. The van der Waals surface area contributed by atoms with E-state index in [1.54, 1.807) is 0 Å². The van der Waals surface area contributed by atoms with Crippen LogP contribution in [0.4, 0.5) is 0 Å². The average molecular weight is 299 g/mol. The number of nitrogens with one attached hydrogen (secondary N) is 1. The first-order chi connectivity index (χ1) is 7.25. The van der Waals surface area contributed by atoms with Gasteiger partial charge in [0.2, 0.25) is 0 Å². The predicted molar refractivity (Wildman–Crippen MR) is 75.5 cm³/mol. The van der Waals surface area contributed by atoms with E-state index in [-0.39, 0.29) is 12.4 Å². The third-order valence-corrected chi connectivity index (χ3v) is 4.55. The number of thioether (sulfide) groups is 1. The molecule has 1 saturated heterocycles. The van der Waals surface area contributed by atoms with Gasteiger partial charge in [0.05, 0.1) is 5.02 Å². The van der Waals surface area contributed by atoms with Crippen molar-refractivity contribution >= 4 is 47.4 Å². The van der Waals surface area contributed by atoms with Gasteiger partial charge in [-0.2, -0.15) is 0 Å². The summed E-state index contributed by atoms with van der Waals surface area (Å²) in [6, 6.07) is 5.65. The highest BCUT2D eigenvalue weighted by Gasteiger charge is 2.15. The van der Waals surface area contributed by atoms with Crippen molar-refractivity contribution < 1.29 is 0 Å². The van der Waals surface area contributed by atoms with Crippen molar-refractivity contribution in [2.45, 2.75) is 23.0 Å². The minimum Gasteiger partial charge on any atom is -0.317 e. The molecule has 1 aromatic rings. The molecule has 0 bridgehead atoms. The van der Waals surface area contributed by atoms with E-state index in [0.29, 0.717) is 5.25 Å². The molecule has 0 unspecified atom stereocenters. The molecule has 0 atom stereocenters. The van der Waals surface area contributed by atoms with Crippen molar-refractivity contribution in [1.82, 2.24) is 5.32 Å². The van der Waals surface area contributed by atoms with Crippen LogP contribution in [0.2, 0.25) is 10.0 Å². The summed E-state index contributed by atoms with van der Waals surface area (Å²) in [5.41, 5.74) is 0. The van der Waals surface area contributed by atoms with Crippen LogP contribution in [-0.4, -0.2) is 18.3 Å². The first kappa shape index (κ1) is 14.5. The minimum atomic E-state index is 0. The lowest BCUT2D eigenvalue weighted by Gasteiger charge is -2.22. The number of halogens is 3. The van der Waals surface area contributed by atoms with Gasteiger partial charge in [-0.1, -0.05) is 23.2 Å². The molecule has 1 heterocycles. The van der Waals surface area contributed by atoms with Gasteiger partial charge in [0, 0.05) is 15.2 Å². The molecule has 0 saturated carbocycles. The van der Waals surface area contributed by atoms with Crippen molar-refractivity contribution in [3.05, 3.63) is 28.2 Å². The van der Waals surface area contributed by atoms with E-state index in [9.17, 15) is 0 Å². The standard InChI is InChI=1S/C11H13Cl2NS.ClH/c12-8-1-2-10(13)11(7-8)15-9-3-5-14-6-4-9;/h1-2,7,9,14H,3-6H2;1H. The van der Waals surface area contributed by atoms with E-state index in [1.165, 1.54) is 12.8 Å². The van der Waals surface area contributed by atoms with Gasteiger partial charge in [0.1, 0.15) is 0 Å². The lowest BCUT2D eigenvalue weighted by atomic mass is 10.2. The second kappa shape index (κ2) is 6.97. The molecular formula is C11H14Cl3NS. The van der Waals surface area contributed by atoms with Crippen LogP contribution in [0.3, 0.4) is 0 Å². The number of hydrogen-bond acceptors (Lipinski definition) is 2. The molecule has 0 spiro atoms. The average Bonchev–Trinajstić information content (AvgIpc) is 2.25. The van der Waals surface area contributed by atoms with Crippen LogP contribution < -0.4 is 5.32 Å². The lowest BCUT2D eigenvalue weighted by Crippen LogP contribution is -2.29. The predicted octanol–water partition coefficient (Wildman–Crippen LogP) is 4.26. The fourth-order valence-electron chi connectivity index (χ4n) is 1.66. The Kier molecular flexibility index (Phi) is 6.30. The van der Waals surface area contributed by atoms with Crippen molar-refractivity contribution in [2.75, 3.05) is 13.1 Å². The summed E-state index contributed by atoms with van der Waals surface area (Å²) < 4.78 is 0. The van der Waals surface area contributed by atoms with Gasteiger partial charge in [-0.05, 0) is 44.1 Å². The molecule has 1 fully saturated rings. The Morgan fingerprint density at radius 3 is 2.56 bits per heavy atom. The summed E-state index contributed by atoms with van der Waals surface area (Å²) in [6.45, 7) is 2.21. The summed E-state index contributed by atoms with van der Waals surface area (Å²) in [5.74, 6) is 0. The first-order valence-corrected chi connectivity index (χ1v) is 6.72. The van der Waals surface area contributed by atoms with Crippen LogP contribution in [0.15, 0.2) is 23.1 Å². The zero-order valence-electron chi connectivity index (χ0n) is 8.71. The van der Waals surface area contributed by atoms with Crippen LogP contribution in [-0.2, 0) is 0 Å². The molecule has 90 valence electrons. The Morgan fingerprint density at radius 2 is 1.88 bits per heavy atom. The maximum Gasteiger partial charge on any atom is 0.0542 e. The zero-order valence-corrected chi connectivity index (χ0v) is 11.9. The molecule has 2 rings (SSSR count). The number of piperidine rings is 1. The minimum absolute atomic E-state index is 0. The van der Waals surface area contributed by atoms with E-state index < -0.39 is 0 Å². The molecule has 16 heavy (non-hydrogen) atoms. The first-order valence-electron chi connectivity index (χ1n) is 5.08. The van der Waals surface area contributed by atoms with Crippen LogP contribution in [0.5, 0.6) is 0 Å². The Hall–Kier alpha value is 0.400. The molecule has 0 radical (unpaired) electrons. The van der Waals surface area contributed by atoms with E-state index in [2.05, 4.69) is 5.32 Å². The summed E-state index contributed by atoms with van der Waals surface area (Å²) in [4.78, 5) is 1.11. The monoisotopic (exact) mass is 297 g/mol. The second-order valence-corrected chi connectivity index (χ2v) is 5.83. The van der Waals surface area contributed by atoms with E-state index in [4.69, 9.17) is 23.2 Å². The van der Waals surface area contributed by atoms with E-state index in [1.807, 2.05) is 30.0 Å². The van der Waals surface area contributed by atoms with Gasteiger partial charge in [-0.3, -0.25) is 0 Å². The summed E-state index contributed by atoms with van der Waals surface area (Å²) in [5, 5.41) is 5.59. The smallest absolute Gasteiger partial charge is 0.0542 e. The fourth-order valence-corrected chi connectivity index (χ4v) is 3.35. The Bertz CT molecular complexity index is 340. The summed E-state index contributed by atoms with van der Waals surface area (Å²) >= 11 is 13.9. The van der Waals surface area contributed by atoms with Crippen molar-refractivity contribution in [3.8, 4) is 0 Å². The van der Waals surface area contributed by atoms with Crippen LogP contribution in [0, 0.1) is 0 Å². The van der Waals surface area contributed by atoms with Gasteiger partial charge < -0.3 is 5.32 Å².